The summed E-state index contributed by atoms with van der Waals surface area (Å²) in [6, 6.07) is 10.3. The Morgan fingerprint density at radius 2 is 1.96 bits per heavy atom. The SMILES string of the molecule is O=c1[nH]nc(NC2CCCCC2)c2nnn(Cc3ccccc3)c12. The molecule has 0 radical (unpaired) electrons. The first kappa shape index (κ1) is 14.9. The van der Waals surface area contributed by atoms with Crippen molar-refractivity contribution in [3.63, 3.8) is 0 Å². The number of hydrogen-bond donors (Lipinski definition) is 2. The first-order valence-electron chi connectivity index (χ1n) is 8.43. The molecule has 2 N–H and O–H groups in total. The maximum absolute atomic E-state index is 12.2. The number of fused-ring (bicyclic) bond motifs is 1. The highest BCUT2D eigenvalue weighted by molar-refractivity contribution is 5.84. The van der Waals surface area contributed by atoms with Crippen LogP contribution in [0, 0.1) is 0 Å². The average molecular weight is 324 g/mol. The molecule has 124 valence electrons. The summed E-state index contributed by atoms with van der Waals surface area (Å²) in [5.41, 5.74) is 1.81. The Bertz CT molecular complexity index is 879. The Kier molecular flexibility index (Phi) is 3.98. The van der Waals surface area contributed by atoms with Crippen LogP contribution in [0.4, 0.5) is 5.82 Å². The lowest BCUT2D eigenvalue weighted by Crippen LogP contribution is -2.24. The Labute approximate surface area is 139 Å². The molecule has 2 aromatic heterocycles. The van der Waals surface area contributed by atoms with Crippen molar-refractivity contribution in [2.24, 2.45) is 0 Å². The van der Waals surface area contributed by atoms with Gasteiger partial charge in [-0.1, -0.05) is 54.8 Å². The number of benzene rings is 1. The molecule has 0 spiro atoms. The first-order valence-corrected chi connectivity index (χ1v) is 8.43. The number of H-pyrrole nitrogens is 1. The third-order valence-electron chi connectivity index (χ3n) is 4.56. The number of nitrogens with one attached hydrogen (secondary N) is 2. The third kappa shape index (κ3) is 2.89. The second kappa shape index (κ2) is 6.43. The van der Waals surface area contributed by atoms with Crippen LogP contribution >= 0.6 is 0 Å². The number of anilines is 1. The third-order valence-corrected chi connectivity index (χ3v) is 4.56. The maximum atomic E-state index is 12.2. The van der Waals surface area contributed by atoms with Gasteiger partial charge >= 0.3 is 0 Å². The van der Waals surface area contributed by atoms with Gasteiger partial charge in [0.1, 0.15) is 0 Å². The number of hydrogen-bond acceptors (Lipinski definition) is 5. The Balaban J connectivity index is 1.68. The Hall–Kier alpha value is -2.70. The van der Waals surface area contributed by atoms with E-state index in [-0.39, 0.29) is 5.56 Å². The molecule has 7 heteroatoms. The fourth-order valence-corrected chi connectivity index (χ4v) is 3.32. The van der Waals surface area contributed by atoms with Gasteiger partial charge in [-0.15, -0.1) is 5.10 Å². The van der Waals surface area contributed by atoms with E-state index in [0.717, 1.165) is 18.4 Å². The van der Waals surface area contributed by atoms with Gasteiger partial charge in [0.25, 0.3) is 5.56 Å². The van der Waals surface area contributed by atoms with Gasteiger partial charge in [0.2, 0.25) is 0 Å². The van der Waals surface area contributed by atoms with Crippen molar-refractivity contribution >= 4 is 16.9 Å². The van der Waals surface area contributed by atoms with E-state index in [0.29, 0.717) is 29.4 Å². The van der Waals surface area contributed by atoms with Gasteiger partial charge in [-0.05, 0) is 18.4 Å². The minimum absolute atomic E-state index is 0.264. The minimum atomic E-state index is -0.264. The molecule has 0 amide bonds. The molecule has 0 atom stereocenters. The van der Waals surface area contributed by atoms with E-state index < -0.39 is 0 Å². The second-order valence-electron chi connectivity index (χ2n) is 6.31. The van der Waals surface area contributed by atoms with Crippen molar-refractivity contribution in [3.05, 3.63) is 46.2 Å². The lowest BCUT2D eigenvalue weighted by molar-refractivity contribution is 0.461. The van der Waals surface area contributed by atoms with Crippen molar-refractivity contribution < 1.29 is 0 Å². The Morgan fingerprint density at radius 3 is 2.75 bits per heavy atom. The van der Waals surface area contributed by atoms with Gasteiger partial charge in [0.15, 0.2) is 16.9 Å². The molecule has 1 fully saturated rings. The van der Waals surface area contributed by atoms with Crippen LogP contribution in [0.3, 0.4) is 0 Å². The van der Waals surface area contributed by atoms with Crippen LogP contribution in [0.5, 0.6) is 0 Å². The highest BCUT2D eigenvalue weighted by Gasteiger charge is 2.19. The van der Waals surface area contributed by atoms with Crippen molar-refractivity contribution in [3.8, 4) is 0 Å². The highest BCUT2D eigenvalue weighted by atomic mass is 16.1. The molecule has 0 unspecified atom stereocenters. The predicted octanol–water partition coefficient (Wildman–Crippen LogP) is 2.31. The number of aromatic amines is 1. The van der Waals surface area contributed by atoms with Gasteiger partial charge in [0, 0.05) is 6.04 Å². The number of nitrogens with zero attached hydrogens (tertiary/aromatic N) is 4. The van der Waals surface area contributed by atoms with Crippen molar-refractivity contribution in [2.45, 2.75) is 44.7 Å². The molecule has 24 heavy (non-hydrogen) atoms. The van der Waals surface area contributed by atoms with Crippen LogP contribution in [-0.4, -0.2) is 31.2 Å². The standard InChI is InChI=1S/C17H20N6O/c24-17-15-14(16(20-21-17)18-13-9-5-2-6-10-13)19-22-23(15)11-12-7-3-1-4-8-12/h1,3-4,7-8,13H,2,5-6,9-11H2,(H,18,20)(H,21,24). The normalized spacial score (nSPS) is 15.7. The highest BCUT2D eigenvalue weighted by Crippen LogP contribution is 2.23. The van der Waals surface area contributed by atoms with E-state index in [4.69, 9.17) is 0 Å². The van der Waals surface area contributed by atoms with Crippen molar-refractivity contribution in [1.82, 2.24) is 25.2 Å². The molecule has 0 aliphatic heterocycles. The average Bonchev–Trinajstić information content (AvgIpc) is 3.04. The summed E-state index contributed by atoms with van der Waals surface area (Å²) in [7, 11) is 0. The fraction of sp³-hybridized carbons (Fsp3) is 0.412. The van der Waals surface area contributed by atoms with E-state index in [9.17, 15) is 4.79 Å². The van der Waals surface area contributed by atoms with E-state index >= 15 is 0 Å². The molecule has 0 saturated heterocycles. The van der Waals surface area contributed by atoms with E-state index in [2.05, 4.69) is 25.8 Å². The molecule has 4 rings (SSSR count). The van der Waals surface area contributed by atoms with Crippen molar-refractivity contribution in [2.75, 3.05) is 5.32 Å². The van der Waals surface area contributed by atoms with Gasteiger partial charge in [-0.25, -0.2) is 9.78 Å². The summed E-state index contributed by atoms with van der Waals surface area (Å²) in [6.07, 6.45) is 6.00. The number of rotatable bonds is 4. The zero-order valence-corrected chi connectivity index (χ0v) is 13.4. The quantitative estimate of drug-likeness (QED) is 0.769. The topological polar surface area (TPSA) is 88.5 Å². The molecule has 1 aliphatic carbocycles. The molecule has 1 saturated carbocycles. The van der Waals surface area contributed by atoms with Gasteiger partial charge < -0.3 is 5.32 Å². The molecule has 1 aromatic carbocycles. The summed E-state index contributed by atoms with van der Waals surface area (Å²) in [5, 5.41) is 18.5. The molecular weight excluding hydrogens is 304 g/mol. The summed E-state index contributed by atoms with van der Waals surface area (Å²) < 4.78 is 1.64. The zero-order valence-electron chi connectivity index (χ0n) is 13.4. The first-order chi connectivity index (χ1) is 11.8. The molecule has 3 aromatic rings. The van der Waals surface area contributed by atoms with Crippen LogP contribution in [0.2, 0.25) is 0 Å². The fourth-order valence-electron chi connectivity index (χ4n) is 3.32. The molecule has 2 heterocycles. The largest absolute Gasteiger partial charge is 0.364 e. The van der Waals surface area contributed by atoms with E-state index in [1.54, 1.807) is 4.68 Å². The van der Waals surface area contributed by atoms with Gasteiger partial charge in [-0.2, -0.15) is 5.10 Å². The maximum Gasteiger partial charge on any atom is 0.292 e. The molecular formula is C17H20N6O. The smallest absolute Gasteiger partial charge is 0.292 e. The zero-order chi connectivity index (χ0) is 16.4. The van der Waals surface area contributed by atoms with Crippen LogP contribution in [-0.2, 0) is 6.54 Å². The summed E-state index contributed by atoms with van der Waals surface area (Å²) >= 11 is 0. The molecule has 1 aliphatic rings. The monoisotopic (exact) mass is 324 g/mol. The van der Waals surface area contributed by atoms with Gasteiger partial charge in [0.05, 0.1) is 6.54 Å². The van der Waals surface area contributed by atoms with Gasteiger partial charge in [-0.3, -0.25) is 4.79 Å². The summed E-state index contributed by atoms with van der Waals surface area (Å²) in [6.45, 7) is 0.507. The lowest BCUT2D eigenvalue weighted by Gasteiger charge is -2.22. The second-order valence-corrected chi connectivity index (χ2v) is 6.31. The van der Waals surface area contributed by atoms with Crippen LogP contribution in [0.1, 0.15) is 37.7 Å². The van der Waals surface area contributed by atoms with Crippen LogP contribution < -0.4 is 10.9 Å². The van der Waals surface area contributed by atoms with Crippen LogP contribution in [0.25, 0.3) is 11.0 Å². The molecule has 7 nitrogen and oxygen atoms in total. The minimum Gasteiger partial charge on any atom is -0.364 e. The van der Waals surface area contributed by atoms with Crippen molar-refractivity contribution in [1.29, 1.82) is 0 Å². The molecule has 0 bridgehead atoms. The summed E-state index contributed by atoms with van der Waals surface area (Å²) in [5.74, 6) is 0.621. The number of aromatic nitrogens is 5. The van der Waals surface area contributed by atoms with E-state index in [1.165, 1.54) is 19.3 Å². The van der Waals surface area contributed by atoms with Crippen LogP contribution in [0.15, 0.2) is 35.1 Å². The van der Waals surface area contributed by atoms with E-state index in [1.807, 2.05) is 30.3 Å². The lowest BCUT2D eigenvalue weighted by atomic mass is 9.95. The predicted molar refractivity (Wildman–Crippen MR) is 92.0 cm³/mol. The Morgan fingerprint density at radius 1 is 1.17 bits per heavy atom. The summed E-state index contributed by atoms with van der Waals surface area (Å²) in [4.78, 5) is 12.2.